The predicted octanol–water partition coefficient (Wildman–Crippen LogP) is 3.29. The van der Waals surface area contributed by atoms with E-state index in [1.54, 1.807) is 6.92 Å². The number of para-hydroxylation sites is 1. The van der Waals surface area contributed by atoms with Gasteiger partial charge in [-0.05, 0) is 19.1 Å². The molecule has 2 rings (SSSR count). The van der Waals surface area contributed by atoms with Crippen LogP contribution in [-0.2, 0) is 9.53 Å². The molecule has 0 atom stereocenters. The highest BCUT2D eigenvalue weighted by Gasteiger charge is 2.13. The summed E-state index contributed by atoms with van der Waals surface area (Å²) in [6.07, 6.45) is 1.40. The van der Waals surface area contributed by atoms with E-state index < -0.39 is 5.97 Å². The number of esters is 1. The fourth-order valence-corrected chi connectivity index (χ4v) is 1.98. The number of carbonyl (C=O) groups is 1. The van der Waals surface area contributed by atoms with Crippen molar-refractivity contribution in [2.45, 2.75) is 6.92 Å². The van der Waals surface area contributed by atoms with E-state index in [9.17, 15) is 4.79 Å². The second-order valence-electron chi connectivity index (χ2n) is 3.79. The molecule has 0 saturated heterocycles. The van der Waals surface area contributed by atoms with Gasteiger partial charge in [0.25, 0.3) is 0 Å². The number of fused-ring (bicyclic) bond motifs is 1. The van der Waals surface area contributed by atoms with Crippen LogP contribution in [0, 0.1) is 11.3 Å². The third-order valence-electron chi connectivity index (χ3n) is 2.57. The number of halogens is 1. The fraction of sp³-hybridized carbons (Fsp3) is 0.143. The third kappa shape index (κ3) is 2.61. The maximum absolute atomic E-state index is 11.5. The van der Waals surface area contributed by atoms with Gasteiger partial charge in [-0.25, -0.2) is 4.79 Å². The van der Waals surface area contributed by atoms with E-state index in [0.717, 1.165) is 10.9 Å². The molecular formula is C14H11ClN2O2. The number of nitrogens with zero attached hydrogens (tertiary/aromatic N) is 1. The maximum Gasteiger partial charge on any atom is 0.348 e. The number of H-pyrrole nitrogens is 1. The molecule has 0 aliphatic heterocycles. The molecule has 0 unspecified atom stereocenters. The van der Waals surface area contributed by atoms with Crippen molar-refractivity contribution in [2.75, 3.05) is 6.61 Å². The Labute approximate surface area is 115 Å². The zero-order chi connectivity index (χ0) is 13.8. The number of hydrogen-bond donors (Lipinski definition) is 1. The Morgan fingerprint density at radius 1 is 1.53 bits per heavy atom. The molecule has 0 amide bonds. The van der Waals surface area contributed by atoms with Crippen molar-refractivity contribution in [3.63, 3.8) is 0 Å². The third-order valence-corrected chi connectivity index (χ3v) is 2.98. The lowest BCUT2D eigenvalue weighted by Gasteiger charge is -1.98. The minimum atomic E-state index is -0.653. The van der Waals surface area contributed by atoms with Gasteiger partial charge in [0.2, 0.25) is 0 Å². The highest BCUT2D eigenvalue weighted by molar-refractivity contribution is 6.37. The summed E-state index contributed by atoms with van der Waals surface area (Å²) in [5.41, 5.74) is 1.28. The largest absolute Gasteiger partial charge is 0.462 e. The number of ether oxygens (including phenoxy) is 1. The Hall–Kier alpha value is -2.25. The average Bonchev–Trinajstić information content (AvgIpc) is 2.73. The summed E-state index contributed by atoms with van der Waals surface area (Å²) in [4.78, 5) is 14.6. The molecule has 96 valence electrons. The van der Waals surface area contributed by atoms with E-state index in [1.807, 2.05) is 30.3 Å². The van der Waals surface area contributed by atoms with Crippen LogP contribution < -0.4 is 0 Å². The number of aromatic nitrogens is 1. The first kappa shape index (κ1) is 13.2. The molecule has 0 radical (unpaired) electrons. The summed E-state index contributed by atoms with van der Waals surface area (Å²) in [6.45, 7) is 1.90. The lowest BCUT2D eigenvalue weighted by molar-refractivity contribution is -0.137. The molecule has 2 aromatic rings. The molecule has 0 spiro atoms. The fourth-order valence-electron chi connectivity index (χ4n) is 1.72. The molecule has 0 bridgehead atoms. The highest BCUT2D eigenvalue weighted by atomic mass is 35.5. The highest BCUT2D eigenvalue weighted by Crippen LogP contribution is 2.28. The van der Waals surface area contributed by atoms with Crippen LogP contribution in [0.15, 0.2) is 29.8 Å². The lowest BCUT2D eigenvalue weighted by atomic mass is 10.2. The Bertz CT molecular complexity index is 695. The van der Waals surface area contributed by atoms with E-state index >= 15 is 0 Å². The molecule has 0 fully saturated rings. The Balaban J connectivity index is 2.47. The van der Waals surface area contributed by atoms with E-state index in [1.165, 1.54) is 6.08 Å². The second-order valence-corrected chi connectivity index (χ2v) is 4.17. The average molecular weight is 275 g/mol. The van der Waals surface area contributed by atoms with Gasteiger partial charge in [-0.3, -0.25) is 0 Å². The van der Waals surface area contributed by atoms with Crippen LogP contribution in [0.3, 0.4) is 0 Å². The van der Waals surface area contributed by atoms with E-state index in [2.05, 4.69) is 4.98 Å². The molecule has 19 heavy (non-hydrogen) atoms. The summed E-state index contributed by atoms with van der Waals surface area (Å²) in [5, 5.41) is 10.3. The van der Waals surface area contributed by atoms with Gasteiger partial charge in [0.05, 0.1) is 17.3 Å². The normalized spacial score (nSPS) is 11.3. The molecule has 5 heteroatoms. The van der Waals surface area contributed by atoms with E-state index in [4.69, 9.17) is 21.6 Å². The Morgan fingerprint density at radius 2 is 2.26 bits per heavy atom. The first-order valence-corrected chi connectivity index (χ1v) is 6.10. The van der Waals surface area contributed by atoms with E-state index in [0.29, 0.717) is 10.7 Å². The first-order chi connectivity index (χ1) is 9.17. The van der Waals surface area contributed by atoms with Crippen LogP contribution >= 0.6 is 11.6 Å². The van der Waals surface area contributed by atoms with Gasteiger partial charge in [0.15, 0.2) is 0 Å². The molecule has 0 saturated carbocycles. The smallest absolute Gasteiger partial charge is 0.348 e. The van der Waals surface area contributed by atoms with Gasteiger partial charge < -0.3 is 9.72 Å². The predicted molar refractivity (Wildman–Crippen MR) is 73.5 cm³/mol. The minimum Gasteiger partial charge on any atom is -0.462 e. The van der Waals surface area contributed by atoms with E-state index in [-0.39, 0.29) is 12.2 Å². The van der Waals surface area contributed by atoms with Crippen molar-refractivity contribution in [1.29, 1.82) is 5.26 Å². The molecule has 1 aromatic heterocycles. The molecule has 0 aliphatic carbocycles. The zero-order valence-corrected chi connectivity index (χ0v) is 11.0. The van der Waals surface area contributed by atoms with Crippen molar-refractivity contribution in [3.05, 3.63) is 40.6 Å². The quantitative estimate of drug-likeness (QED) is 0.530. The molecular weight excluding hydrogens is 264 g/mol. The van der Waals surface area contributed by atoms with Crippen molar-refractivity contribution in [2.24, 2.45) is 0 Å². The molecule has 1 N–H and O–H groups in total. The van der Waals surface area contributed by atoms with Gasteiger partial charge in [0.1, 0.15) is 11.6 Å². The van der Waals surface area contributed by atoms with Gasteiger partial charge >= 0.3 is 5.97 Å². The second kappa shape index (κ2) is 5.59. The van der Waals surface area contributed by atoms with Crippen molar-refractivity contribution >= 4 is 34.5 Å². The van der Waals surface area contributed by atoms with Crippen LogP contribution in [0.1, 0.15) is 12.6 Å². The summed E-state index contributed by atoms with van der Waals surface area (Å²) in [5.74, 6) is -0.653. The van der Waals surface area contributed by atoms with Crippen LogP contribution in [0.4, 0.5) is 0 Å². The number of benzene rings is 1. The number of rotatable bonds is 3. The summed E-state index contributed by atoms with van der Waals surface area (Å²) >= 11 is 6.20. The van der Waals surface area contributed by atoms with Gasteiger partial charge in [-0.2, -0.15) is 5.26 Å². The van der Waals surface area contributed by atoms with Gasteiger partial charge in [-0.1, -0.05) is 29.8 Å². The zero-order valence-electron chi connectivity index (χ0n) is 10.2. The van der Waals surface area contributed by atoms with Crippen LogP contribution in [0.25, 0.3) is 17.0 Å². The molecule has 0 aliphatic rings. The SMILES string of the molecule is CCOC(=O)/C(C#N)=C/c1[nH]c2ccccc2c1Cl. The number of nitrogens with one attached hydrogen (secondary N) is 1. The number of carbonyl (C=O) groups excluding carboxylic acids is 1. The number of nitriles is 1. The van der Waals surface area contributed by atoms with Gasteiger partial charge in [0, 0.05) is 10.9 Å². The number of aromatic amines is 1. The summed E-state index contributed by atoms with van der Waals surface area (Å²) in [6, 6.07) is 9.29. The van der Waals surface area contributed by atoms with Crippen LogP contribution in [-0.4, -0.2) is 17.6 Å². The van der Waals surface area contributed by atoms with Crippen molar-refractivity contribution < 1.29 is 9.53 Å². The monoisotopic (exact) mass is 274 g/mol. The van der Waals surface area contributed by atoms with Crippen LogP contribution in [0.5, 0.6) is 0 Å². The molecule has 1 aromatic carbocycles. The van der Waals surface area contributed by atoms with Crippen LogP contribution in [0.2, 0.25) is 5.02 Å². The summed E-state index contributed by atoms with van der Waals surface area (Å²) < 4.78 is 4.79. The Morgan fingerprint density at radius 3 is 2.89 bits per heavy atom. The molecule has 1 heterocycles. The Kier molecular flexibility index (Phi) is 3.88. The standard InChI is InChI=1S/C14H11ClN2O2/c1-2-19-14(18)9(8-16)7-12-13(15)10-5-3-4-6-11(10)17-12/h3-7,17H,2H2,1H3/b9-7+. The summed E-state index contributed by atoms with van der Waals surface area (Å²) in [7, 11) is 0. The first-order valence-electron chi connectivity index (χ1n) is 5.72. The van der Waals surface area contributed by atoms with Gasteiger partial charge in [-0.15, -0.1) is 0 Å². The maximum atomic E-state index is 11.5. The molecule has 4 nitrogen and oxygen atoms in total. The minimum absolute atomic E-state index is 0.0877. The lowest BCUT2D eigenvalue weighted by Crippen LogP contribution is -2.06. The number of hydrogen-bond acceptors (Lipinski definition) is 3. The topological polar surface area (TPSA) is 65.9 Å². The van der Waals surface area contributed by atoms with Crippen molar-refractivity contribution in [3.8, 4) is 6.07 Å². The van der Waals surface area contributed by atoms with Crippen molar-refractivity contribution in [1.82, 2.24) is 4.98 Å².